The van der Waals surface area contributed by atoms with Crippen LogP contribution in [0.4, 0.5) is 5.82 Å². The zero-order chi connectivity index (χ0) is 16.4. The Balaban J connectivity index is 2.01. The van der Waals surface area contributed by atoms with E-state index in [0.717, 1.165) is 12.1 Å². The molecule has 23 heavy (non-hydrogen) atoms. The number of carbonyl (C=O) groups is 1. The lowest BCUT2D eigenvalue weighted by Gasteiger charge is -2.14. The normalized spacial score (nSPS) is 20.6. The van der Waals surface area contributed by atoms with Crippen molar-refractivity contribution in [1.82, 2.24) is 9.97 Å². The second kappa shape index (κ2) is 6.21. The third-order valence-electron chi connectivity index (χ3n) is 4.24. The number of fused-ring (bicyclic) bond motifs is 1. The number of hydrogen-bond donors (Lipinski definition) is 1. The van der Waals surface area contributed by atoms with Crippen molar-refractivity contribution < 1.29 is 9.53 Å². The van der Waals surface area contributed by atoms with Gasteiger partial charge in [-0.2, -0.15) is 5.26 Å². The predicted octanol–water partition coefficient (Wildman–Crippen LogP) is 2.48. The van der Waals surface area contributed by atoms with Crippen molar-refractivity contribution in [3.63, 3.8) is 0 Å². The zero-order valence-corrected chi connectivity index (χ0v) is 13.1. The smallest absolute Gasteiger partial charge is 0.329 e. The van der Waals surface area contributed by atoms with E-state index in [1.807, 2.05) is 30.3 Å². The molecule has 1 aliphatic rings. The minimum absolute atomic E-state index is 0.325. The van der Waals surface area contributed by atoms with Crippen molar-refractivity contribution in [3.05, 3.63) is 30.0 Å². The molecule has 0 amide bonds. The molecule has 1 fully saturated rings. The van der Waals surface area contributed by atoms with E-state index >= 15 is 0 Å². The van der Waals surface area contributed by atoms with Crippen molar-refractivity contribution >= 4 is 22.8 Å². The van der Waals surface area contributed by atoms with Gasteiger partial charge in [0.25, 0.3) is 0 Å². The zero-order valence-electron chi connectivity index (χ0n) is 13.1. The van der Waals surface area contributed by atoms with Gasteiger partial charge in [-0.25, -0.2) is 9.97 Å². The number of nitrogens with one attached hydrogen (secondary N) is 1. The second-order valence-corrected chi connectivity index (χ2v) is 5.89. The third kappa shape index (κ3) is 3.09. The molecule has 0 unspecified atom stereocenters. The summed E-state index contributed by atoms with van der Waals surface area (Å²) in [5.41, 5.74) is 1.70. The van der Waals surface area contributed by atoms with Gasteiger partial charge in [-0.15, -0.1) is 0 Å². The molecular formula is C17H18N4O2. The number of ether oxygens (including phenoxy) is 1. The minimum atomic E-state index is -1.09. The molecule has 0 radical (unpaired) electrons. The van der Waals surface area contributed by atoms with Gasteiger partial charge in [0.2, 0.25) is 0 Å². The van der Waals surface area contributed by atoms with Gasteiger partial charge in [0.1, 0.15) is 5.69 Å². The fraction of sp³-hybridized carbons (Fsp3) is 0.412. The molecule has 3 atom stereocenters. The number of methoxy groups -OCH3 is 1. The summed E-state index contributed by atoms with van der Waals surface area (Å²) < 4.78 is 4.72. The number of anilines is 1. The van der Waals surface area contributed by atoms with Crippen LogP contribution in [0.15, 0.2) is 24.3 Å². The van der Waals surface area contributed by atoms with Gasteiger partial charge in [-0.3, -0.25) is 4.79 Å². The van der Waals surface area contributed by atoms with E-state index in [4.69, 9.17) is 4.74 Å². The fourth-order valence-corrected chi connectivity index (χ4v) is 2.60. The maximum atomic E-state index is 11.9. The number of nitriles is 1. The van der Waals surface area contributed by atoms with Gasteiger partial charge in [0.05, 0.1) is 24.2 Å². The Morgan fingerprint density at radius 3 is 2.65 bits per heavy atom. The third-order valence-corrected chi connectivity index (χ3v) is 4.24. The molecule has 6 heteroatoms. The highest BCUT2D eigenvalue weighted by molar-refractivity contribution is 5.84. The molecule has 1 saturated carbocycles. The molecule has 1 aliphatic carbocycles. The number of rotatable bonds is 5. The van der Waals surface area contributed by atoms with Crippen LogP contribution in [0, 0.1) is 23.2 Å². The highest BCUT2D eigenvalue weighted by Crippen LogP contribution is 2.38. The lowest BCUT2D eigenvalue weighted by atomic mass is 10.1. The van der Waals surface area contributed by atoms with E-state index in [9.17, 15) is 10.1 Å². The van der Waals surface area contributed by atoms with Crippen LogP contribution < -0.4 is 5.32 Å². The second-order valence-electron chi connectivity index (χ2n) is 5.89. The van der Waals surface area contributed by atoms with Crippen LogP contribution in [0.25, 0.3) is 11.0 Å². The first-order valence-electron chi connectivity index (χ1n) is 7.62. The Morgan fingerprint density at radius 1 is 1.43 bits per heavy atom. The first-order valence-corrected chi connectivity index (χ1v) is 7.62. The van der Waals surface area contributed by atoms with Crippen LogP contribution in [-0.4, -0.2) is 29.6 Å². The van der Waals surface area contributed by atoms with Gasteiger partial charge < -0.3 is 10.1 Å². The first-order chi connectivity index (χ1) is 11.1. The summed E-state index contributed by atoms with van der Waals surface area (Å²) in [7, 11) is 1.26. The summed E-state index contributed by atoms with van der Waals surface area (Å²) in [6, 6.07) is 9.36. The van der Waals surface area contributed by atoms with Crippen molar-refractivity contribution in [3.8, 4) is 6.07 Å². The Kier molecular flexibility index (Phi) is 4.11. The lowest BCUT2D eigenvalue weighted by Crippen LogP contribution is -2.18. The number of nitrogens with zero attached hydrogens (tertiary/aromatic N) is 3. The van der Waals surface area contributed by atoms with Crippen LogP contribution >= 0.6 is 0 Å². The Hall–Kier alpha value is -2.68. The van der Waals surface area contributed by atoms with Gasteiger partial charge in [-0.05, 0) is 30.4 Å². The molecule has 3 rings (SSSR count). The number of hydrogen-bond acceptors (Lipinski definition) is 6. The van der Waals surface area contributed by atoms with Crippen LogP contribution in [0.3, 0.4) is 0 Å². The molecule has 2 aromatic rings. The van der Waals surface area contributed by atoms with Crippen LogP contribution in [0.5, 0.6) is 0 Å². The summed E-state index contributed by atoms with van der Waals surface area (Å²) in [6.45, 7) is 2.96. The van der Waals surface area contributed by atoms with Crippen molar-refractivity contribution in [2.24, 2.45) is 11.8 Å². The maximum absolute atomic E-state index is 11.9. The van der Waals surface area contributed by atoms with E-state index in [1.165, 1.54) is 13.5 Å². The monoisotopic (exact) mass is 310 g/mol. The standard InChI is InChI=1S/C17H18N4O2/c1-10-7-11(10)9-19-16-15(12(8-18)17(22)23-2)20-13-5-3-4-6-14(13)21-16/h3-6,10-12H,7,9H2,1-2H3,(H,19,21)/t10-,11-,12+/m0/s1. The van der Waals surface area contributed by atoms with E-state index in [1.54, 1.807) is 0 Å². The van der Waals surface area contributed by atoms with Crippen LogP contribution in [-0.2, 0) is 9.53 Å². The lowest BCUT2D eigenvalue weighted by molar-refractivity contribution is -0.141. The Morgan fingerprint density at radius 2 is 2.09 bits per heavy atom. The molecule has 0 saturated heterocycles. The highest BCUT2D eigenvalue weighted by Gasteiger charge is 2.33. The number of benzene rings is 1. The molecule has 118 valence electrons. The predicted molar refractivity (Wildman–Crippen MR) is 85.7 cm³/mol. The van der Waals surface area contributed by atoms with E-state index in [2.05, 4.69) is 22.2 Å². The number of aromatic nitrogens is 2. The molecule has 1 aromatic heterocycles. The summed E-state index contributed by atoms with van der Waals surface area (Å²) >= 11 is 0. The molecular weight excluding hydrogens is 292 g/mol. The highest BCUT2D eigenvalue weighted by atomic mass is 16.5. The van der Waals surface area contributed by atoms with Crippen molar-refractivity contribution in [2.45, 2.75) is 19.3 Å². The molecule has 1 heterocycles. The molecule has 0 spiro atoms. The summed E-state index contributed by atoms with van der Waals surface area (Å²) in [5, 5.41) is 12.6. The maximum Gasteiger partial charge on any atom is 0.329 e. The van der Waals surface area contributed by atoms with E-state index in [0.29, 0.717) is 28.9 Å². The first kappa shape index (κ1) is 15.2. The van der Waals surface area contributed by atoms with Gasteiger partial charge in [-0.1, -0.05) is 19.1 Å². The Bertz CT molecular complexity index is 784. The topological polar surface area (TPSA) is 87.9 Å². The summed E-state index contributed by atoms with van der Waals surface area (Å²) in [5.74, 6) is 0.0809. The average Bonchev–Trinajstić information content (AvgIpc) is 3.28. The number of esters is 1. The molecule has 6 nitrogen and oxygen atoms in total. The molecule has 0 aliphatic heterocycles. The fourth-order valence-electron chi connectivity index (χ4n) is 2.60. The van der Waals surface area contributed by atoms with Gasteiger partial charge >= 0.3 is 5.97 Å². The van der Waals surface area contributed by atoms with Crippen molar-refractivity contribution in [2.75, 3.05) is 19.0 Å². The molecule has 0 bridgehead atoms. The van der Waals surface area contributed by atoms with Crippen molar-refractivity contribution in [1.29, 1.82) is 5.26 Å². The summed E-state index contributed by atoms with van der Waals surface area (Å²) in [4.78, 5) is 20.9. The number of para-hydroxylation sites is 2. The van der Waals surface area contributed by atoms with Crippen LogP contribution in [0.1, 0.15) is 25.0 Å². The average molecular weight is 310 g/mol. The molecule has 1 N–H and O–H groups in total. The number of carbonyl (C=O) groups excluding carboxylic acids is 1. The minimum Gasteiger partial charge on any atom is -0.468 e. The molecule has 1 aromatic carbocycles. The quantitative estimate of drug-likeness (QED) is 0.854. The van der Waals surface area contributed by atoms with Gasteiger partial charge in [0.15, 0.2) is 11.7 Å². The van der Waals surface area contributed by atoms with Gasteiger partial charge in [0, 0.05) is 6.54 Å². The Labute approximate surface area is 134 Å². The summed E-state index contributed by atoms with van der Waals surface area (Å²) in [6.07, 6.45) is 1.18. The largest absolute Gasteiger partial charge is 0.468 e. The van der Waals surface area contributed by atoms with E-state index in [-0.39, 0.29) is 0 Å². The SMILES string of the molecule is COC(=O)[C@H](C#N)c1nc2ccccc2nc1NC[C@@H]1C[C@@H]1C. The van der Waals surface area contributed by atoms with Crippen LogP contribution in [0.2, 0.25) is 0 Å². The van der Waals surface area contributed by atoms with E-state index < -0.39 is 11.9 Å².